The molecule has 0 aliphatic rings. The van der Waals surface area contributed by atoms with Gasteiger partial charge in [0.25, 0.3) is 0 Å². The van der Waals surface area contributed by atoms with E-state index in [-0.39, 0.29) is 11.0 Å². The monoisotopic (exact) mass is 209 g/mol. The lowest BCUT2D eigenvalue weighted by Crippen LogP contribution is -2.31. The Labute approximate surface area is 80.3 Å². The van der Waals surface area contributed by atoms with E-state index in [9.17, 15) is 8.42 Å². The molecule has 0 fully saturated rings. The van der Waals surface area contributed by atoms with Crippen LogP contribution in [-0.4, -0.2) is 43.7 Å². The number of hydrogen-bond acceptors (Lipinski definition) is 4. The number of aliphatic hydroxyl groups is 1. The minimum atomic E-state index is -2.94. The zero-order valence-electron chi connectivity index (χ0n) is 8.45. The third-order valence-electron chi connectivity index (χ3n) is 1.72. The van der Waals surface area contributed by atoms with Crippen LogP contribution in [0, 0.1) is 0 Å². The van der Waals surface area contributed by atoms with Crippen LogP contribution in [0.25, 0.3) is 0 Å². The lowest BCUT2D eigenvalue weighted by Gasteiger charge is -2.09. The number of nitrogens with one attached hydrogen (secondary N) is 1. The van der Waals surface area contributed by atoms with Crippen molar-refractivity contribution >= 4 is 9.84 Å². The van der Waals surface area contributed by atoms with Gasteiger partial charge in [0.2, 0.25) is 0 Å². The van der Waals surface area contributed by atoms with Crippen molar-refractivity contribution in [3.05, 3.63) is 0 Å². The fourth-order valence-electron chi connectivity index (χ4n) is 0.761. The van der Waals surface area contributed by atoms with Gasteiger partial charge in [-0.25, -0.2) is 8.42 Å². The highest BCUT2D eigenvalue weighted by atomic mass is 32.2. The molecule has 0 aliphatic carbocycles. The first-order valence-corrected chi connectivity index (χ1v) is 6.18. The normalized spacial score (nSPS) is 14.8. The summed E-state index contributed by atoms with van der Waals surface area (Å²) >= 11 is 0. The van der Waals surface area contributed by atoms with Crippen molar-refractivity contribution in [3.63, 3.8) is 0 Å². The van der Waals surface area contributed by atoms with E-state index in [0.29, 0.717) is 13.1 Å². The molecule has 0 aromatic heterocycles. The summed E-state index contributed by atoms with van der Waals surface area (Å²) in [7, 11) is -2.94. The molecule has 0 aromatic rings. The van der Waals surface area contributed by atoms with Crippen LogP contribution in [0.1, 0.15) is 20.8 Å². The summed E-state index contributed by atoms with van der Waals surface area (Å²) in [6.07, 6.45) is -0.429. The summed E-state index contributed by atoms with van der Waals surface area (Å²) < 4.78 is 22.5. The van der Waals surface area contributed by atoms with E-state index in [2.05, 4.69) is 5.32 Å². The maximum absolute atomic E-state index is 11.3. The minimum absolute atomic E-state index is 0.136. The lowest BCUT2D eigenvalue weighted by atomic mass is 10.4. The van der Waals surface area contributed by atoms with Crippen molar-refractivity contribution in [2.45, 2.75) is 32.1 Å². The highest BCUT2D eigenvalue weighted by molar-refractivity contribution is 7.92. The molecule has 13 heavy (non-hydrogen) atoms. The largest absolute Gasteiger partial charge is 0.392 e. The van der Waals surface area contributed by atoms with Gasteiger partial charge in [-0.2, -0.15) is 0 Å². The summed E-state index contributed by atoms with van der Waals surface area (Å²) in [6, 6.07) is 0. The van der Waals surface area contributed by atoms with E-state index >= 15 is 0 Å². The molecule has 1 unspecified atom stereocenters. The third kappa shape index (κ3) is 6.01. The average Bonchev–Trinajstić information content (AvgIpc) is 1.97. The first-order valence-electron chi connectivity index (χ1n) is 4.46. The van der Waals surface area contributed by atoms with Crippen molar-refractivity contribution in [1.29, 1.82) is 0 Å². The molecule has 0 aliphatic heterocycles. The second-order valence-corrected chi connectivity index (χ2v) is 6.15. The van der Waals surface area contributed by atoms with Crippen molar-refractivity contribution < 1.29 is 13.5 Å². The Bertz CT molecular complexity index is 222. The Morgan fingerprint density at radius 2 is 1.85 bits per heavy atom. The van der Waals surface area contributed by atoms with Gasteiger partial charge in [-0.05, 0) is 20.8 Å². The van der Waals surface area contributed by atoms with E-state index in [4.69, 9.17) is 5.11 Å². The predicted octanol–water partition coefficient (Wildman–Crippen LogP) is -0.220. The van der Waals surface area contributed by atoms with Gasteiger partial charge >= 0.3 is 0 Å². The topological polar surface area (TPSA) is 66.4 Å². The summed E-state index contributed by atoms with van der Waals surface area (Å²) in [4.78, 5) is 0. The van der Waals surface area contributed by atoms with Gasteiger partial charge in [0.1, 0.15) is 0 Å². The molecule has 5 heteroatoms. The van der Waals surface area contributed by atoms with Crippen molar-refractivity contribution in [3.8, 4) is 0 Å². The zero-order valence-corrected chi connectivity index (χ0v) is 9.26. The average molecular weight is 209 g/mol. The lowest BCUT2D eigenvalue weighted by molar-refractivity contribution is 0.192. The standard InChI is InChI=1S/C8H19NO3S/c1-7(2)13(11,12)5-4-9-6-8(3)10/h7-10H,4-6H2,1-3H3. The van der Waals surface area contributed by atoms with Crippen LogP contribution in [0.15, 0.2) is 0 Å². The van der Waals surface area contributed by atoms with E-state index in [1.165, 1.54) is 0 Å². The molecule has 0 radical (unpaired) electrons. The first kappa shape index (κ1) is 12.9. The molecular formula is C8H19NO3S. The summed E-state index contributed by atoms with van der Waals surface area (Å²) in [5.74, 6) is 0.136. The maximum Gasteiger partial charge on any atom is 0.153 e. The highest BCUT2D eigenvalue weighted by Gasteiger charge is 2.14. The molecule has 0 aromatic carbocycles. The fourth-order valence-corrected chi connectivity index (χ4v) is 1.66. The van der Waals surface area contributed by atoms with E-state index in [0.717, 1.165) is 0 Å². The minimum Gasteiger partial charge on any atom is -0.392 e. The Kier molecular flexibility index (Phi) is 5.51. The van der Waals surface area contributed by atoms with Gasteiger partial charge in [-0.15, -0.1) is 0 Å². The Morgan fingerprint density at radius 1 is 1.31 bits per heavy atom. The van der Waals surface area contributed by atoms with Gasteiger partial charge in [0.15, 0.2) is 9.84 Å². The van der Waals surface area contributed by atoms with Gasteiger partial charge in [0.05, 0.1) is 17.1 Å². The van der Waals surface area contributed by atoms with Gasteiger partial charge in [-0.1, -0.05) is 0 Å². The Balaban J connectivity index is 3.66. The fraction of sp³-hybridized carbons (Fsp3) is 1.00. The maximum atomic E-state index is 11.3. The second-order valence-electron chi connectivity index (χ2n) is 3.47. The predicted molar refractivity (Wildman–Crippen MR) is 53.5 cm³/mol. The molecule has 0 spiro atoms. The highest BCUT2D eigenvalue weighted by Crippen LogP contribution is 1.98. The van der Waals surface area contributed by atoms with Crippen molar-refractivity contribution in [2.24, 2.45) is 0 Å². The smallest absolute Gasteiger partial charge is 0.153 e. The molecule has 0 rings (SSSR count). The van der Waals surface area contributed by atoms with Gasteiger partial charge in [-0.3, -0.25) is 0 Å². The molecule has 0 saturated heterocycles. The van der Waals surface area contributed by atoms with Crippen LogP contribution in [0.5, 0.6) is 0 Å². The first-order chi connectivity index (χ1) is 5.86. The zero-order chi connectivity index (χ0) is 10.5. The van der Waals surface area contributed by atoms with E-state index < -0.39 is 15.9 Å². The quantitative estimate of drug-likeness (QED) is 0.594. The Hall–Kier alpha value is -0.130. The van der Waals surface area contributed by atoms with E-state index in [1.807, 2.05) is 0 Å². The van der Waals surface area contributed by atoms with Crippen LogP contribution in [0.3, 0.4) is 0 Å². The van der Waals surface area contributed by atoms with Crippen LogP contribution in [0.2, 0.25) is 0 Å². The Morgan fingerprint density at radius 3 is 2.23 bits per heavy atom. The molecule has 2 N–H and O–H groups in total. The molecule has 0 saturated carbocycles. The summed E-state index contributed by atoms with van der Waals surface area (Å²) in [5.41, 5.74) is 0. The number of rotatable bonds is 6. The van der Waals surface area contributed by atoms with Gasteiger partial charge < -0.3 is 10.4 Å². The summed E-state index contributed by atoms with van der Waals surface area (Å²) in [6.45, 7) is 5.84. The van der Waals surface area contributed by atoms with Gasteiger partial charge in [0, 0.05) is 13.1 Å². The number of aliphatic hydroxyl groups excluding tert-OH is 1. The van der Waals surface area contributed by atoms with Crippen LogP contribution in [-0.2, 0) is 9.84 Å². The van der Waals surface area contributed by atoms with Crippen LogP contribution in [0.4, 0.5) is 0 Å². The van der Waals surface area contributed by atoms with Crippen molar-refractivity contribution in [1.82, 2.24) is 5.32 Å². The molecule has 1 atom stereocenters. The second kappa shape index (κ2) is 5.57. The molecule has 0 heterocycles. The molecule has 80 valence electrons. The number of sulfone groups is 1. The summed E-state index contributed by atoms with van der Waals surface area (Å²) in [5, 5.41) is 11.4. The SMILES string of the molecule is CC(O)CNCCS(=O)(=O)C(C)C. The molecule has 0 amide bonds. The third-order valence-corrected chi connectivity index (χ3v) is 3.93. The van der Waals surface area contributed by atoms with E-state index in [1.54, 1.807) is 20.8 Å². The molecular weight excluding hydrogens is 190 g/mol. The van der Waals surface area contributed by atoms with Crippen LogP contribution >= 0.6 is 0 Å². The molecule has 0 bridgehead atoms. The van der Waals surface area contributed by atoms with Crippen LogP contribution < -0.4 is 5.32 Å². The number of hydrogen-bond donors (Lipinski definition) is 2. The van der Waals surface area contributed by atoms with Crippen molar-refractivity contribution in [2.75, 3.05) is 18.8 Å². The molecule has 4 nitrogen and oxygen atoms in total.